The minimum atomic E-state index is -0.612. The molecule has 4 atom stereocenters. The van der Waals surface area contributed by atoms with Crippen molar-refractivity contribution in [3.8, 4) is 0 Å². The highest BCUT2D eigenvalue weighted by Gasteiger charge is 2.45. The maximum atomic E-state index is 12.6. The largest absolute Gasteiger partial charge is 0.459 e. The molecule has 2 aromatic rings. The van der Waals surface area contributed by atoms with Crippen molar-refractivity contribution in [1.82, 2.24) is 0 Å². The van der Waals surface area contributed by atoms with Gasteiger partial charge in [-0.2, -0.15) is 0 Å². The van der Waals surface area contributed by atoms with Crippen molar-refractivity contribution >= 4 is 11.9 Å². The van der Waals surface area contributed by atoms with E-state index in [-0.39, 0.29) is 12.5 Å². The highest BCUT2D eigenvalue weighted by atomic mass is 16.7. The van der Waals surface area contributed by atoms with Crippen LogP contribution in [0.5, 0.6) is 0 Å². The molecule has 1 saturated heterocycles. The summed E-state index contributed by atoms with van der Waals surface area (Å²) in [7, 11) is 1.53. The molecule has 1 fully saturated rings. The van der Waals surface area contributed by atoms with E-state index in [1.165, 1.54) is 7.11 Å². The van der Waals surface area contributed by atoms with Crippen LogP contribution in [0.4, 0.5) is 0 Å². The van der Waals surface area contributed by atoms with Gasteiger partial charge in [-0.25, -0.2) is 9.59 Å². The summed E-state index contributed by atoms with van der Waals surface area (Å²) in [6.07, 6.45) is -1.76. The summed E-state index contributed by atoms with van der Waals surface area (Å²) in [6, 6.07) is 14.3. The zero-order chi connectivity index (χ0) is 21.0. The molecular weight excluding hydrogens is 372 g/mol. The minimum Gasteiger partial charge on any atom is -0.459 e. The summed E-state index contributed by atoms with van der Waals surface area (Å²) in [6.45, 7) is 5.73. The maximum Gasteiger partial charge on any atom is 0.338 e. The molecule has 1 aliphatic rings. The molecule has 0 radical (unpaired) electrons. The van der Waals surface area contributed by atoms with Crippen LogP contribution < -0.4 is 0 Å². The van der Waals surface area contributed by atoms with E-state index < -0.39 is 30.4 Å². The number of hydrogen-bond donors (Lipinski definition) is 0. The van der Waals surface area contributed by atoms with Crippen molar-refractivity contribution in [1.29, 1.82) is 0 Å². The smallest absolute Gasteiger partial charge is 0.338 e. The Kier molecular flexibility index (Phi) is 6.67. The first-order valence-electron chi connectivity index (χ1n) is 9.58. The van der Waals surface area contributed by atoms with Gasteiger partial charge in [0.2, 0.25) is 0 Å². The number of rotatable bonds is 6. The van der Waals surface area contributed by atoms with E-state index in [2.05, 4.69) is 0 Å². The molecule has 6 nitrogen and oxygen atoms in total. The fraction of sp³-hybridized carbons (Fsp3) is 0.391. The van der Waals surface area contributed by atoms with E-state index in [1.807, 2.05) is 45.0 Å². The third kappa shape index (κ3) is 5.02. The number of hydrogen-bond acceptors (Lipinski definition) is 6. The van der Waals surface area contributed by atoms with Gasteiger partial charge in [0, 0.05) is 13.0 Å². The van der Waals surface area contributed by atoms with Crippen LogP contribution in [0.15, 0.2) is 48.5 Å². The number of carbonyl (C=O) groups is 2. The average molecular weight is 398 g/mol. The molecule has 3 rings (SSSR count). The molecule has 29 heavy (non-hydrogen) atoms. The van der Waals surface area contributed by atoms with Crippen LogP contribution in [0.25, 0.3) is 0 Å². The number of carbonyl (C=O) groups excluding carboxylic acids is 2. The summed E-state index contributed by atoms with van der Waals surface area (Å²) in [5.74, 6) is -1.11. The van der Waals surface area contributed by atoms with Crippen LogP contribution in [-0.4, -0.2) is 44.2 Å². The Balaban J connectivity index is 1.66. The molecule has 1 heterocycles. The van der Waals surface area contributed by atoms with E-state index >= 15 is 0 Å². The van der Waals surface area contributed by atoms with Gasteiger partial charge in [-0.15, -0.1) is 0 Å². The van der Waals surface area contributed by atoms with Crippen molar-refractivity contribution in [2.24, 2.45) is 5.92 Å². The SMILES string of the molecule is COC1OC(COC(=O)c2ccc(C)cc2)C(OC(=O)c2ccc(C)cc2)C1C. The van der Waals surface area contributed by atoms with Crippen LogP contribution in [0.2, 0.25) is 0 Å². The lowest BCUT2D eigenvalue weighted by atomic mass is 10.0. The molecule has 0 N–H and O–H groups in total. The predicted molar refractivity (Wildman–Crippen MR) is 107 cm³/mol. The molecule has 0 aliphatic carbocycles. The number of benzene rings is 2. The van der Waals surface area contributed by atoms with Crippen LogP contribution >= 0.6 is 0 Å². The van der Waals surface area contributed by atoms with Gasteiger partial charge in [-0.05, 0) is 38.1 Å². The van der Waals surface area contributed by atoms with E-state index in [1.54, 1.807) is 24.3 Å². The molecule has 2 aromatic carbocycles. The van der Waals surface area contributed by atoms with E-state index in [4.69, 9.17) is 18.9 Å². The summed E-state index contributed by atoms with van der Waals surface area (Å²) in [5.41, 5.74) is 3.03. The number of methoxy groups -OCH3 is 1. The predicted octanol–water partition coefficient (Wildman–Crippen LogP) is 3.69. The molecular formula is C23H26O6. The van der Waals surface area contributed by atoms with Gasteiger partial charge in [-0.1, -0.05) is 42.3 Å². The van der Waals surface area contributed by atoms with Gasteiger partial charge in [0.15, 0.2) is 6.29 Å². The van der Waals surface area contributed by atoms with Crippen molar-refractivity contribution < 1.29 is 28.5 Å². The van der Waals surface area contributed by atoms with Crippen molar-refractivity contribution in [3.05, 3.63) is 70.8 Å². The van der Waals surface area contributed by atoms with E-state index in [0.717, 1.165) is 11.1 Å². The first kappa shape index (κ1) is 21.0. The highest BCUT2D eigenvalue weighted by molar-refractivity contribution is 5.90. The van der Waals surface area contributed by atoms with Gasteiger partial charge >= 0.3 is 11.9 Å². The second-order valence-electron chi connectivity index (χ2n) is 7.34. The minimum absolute atomic E-state index is 0.0389. The molecule has 0 spiro atoms. The summed E-state index contributed by atoms with van der Waals surface area (Å²) < 4.78 is 22.3. The molecule has 6 heteroatoms. The third-order valence-corrected chi connectivity index (χ3v) is 5.05. The Morgan fingerprint density at radius 1 is 0.897 bits per heavy atom. The van der Waals surface area contributed by atoms with Crippen molar-refractivity contribution in [2.45, 2.75) is 39.3 Å². The van der Waals surface area contributed by atoms with Gasteiger partial charge in [0.1, 0.15) is 18.8 Å². The topological polar surface area (TPSA) is 71.1 Å². The number of esters is 2. The molecule has 4 unspecified atom stereocenters. The second-order valence-corrected chi connectivity index (χ2v) is 7.34. The van der Waals surface area contributed by atoms with Crippen LogP contribution in [0, 0.1) is 19.8 Å². The molecule has 0 bridgehead atoms. The lowest BCUT2D eigenvalue weighted by Crippen LogP contribution is -2.35. The lowest BCUT2D eigenvalue weighted by Gasteiger charge is -2.21. The first-order chi connectivity index (χ1) is 13.9. The monoisotopic (exact) mass is 398 g/mol. The van der Waals surface area contributed by atoms with Gasteiger partial charge in [0.25, 0.3) is 0 Å². The van der Waals surface area contributed by atoms with Crippen LogP contribution in [0.1, 0.15) is 38.8 Å². The number of aryl methyl sites for hydroxylation is 2. The normalized spacial score (nSPS) is 23.6. The summed E-state index contributed by atoms with van der Waals surface area (Å²) in [4.78, 5) is 24.9. The van der Waals surface area contributed by atoms with Gasteiger partial charge in [-0.3, -0.25) is 0 Å². The van der Waals surface area contributed by atoms with E-state index in [0.29, 0.717) is 11.1 Å². The Morgan fingerprint density at radius 2 is 1.41 bits per heavy atom. The van der Waals surface area contributed by atoms with Crippen LogP contribution in [-0.2, 0) is 18.9 Å². The molecule has 154 valence electrons. The summed E-state index contributed by atoms with van der Waals surface area (Å²) >= 11 is 0. The summed E-state index contributed by atoms with van der Waals surface area (Å²) in [5, 5.41) is 0. The second kappa shape index (κ2) is 9.20. The fourth-order valence-electron chi connectivity index (χ4n) is 3.27. The average Bonchev–Trinajstić information content (AvgIpc) is 3.02. The third-order valence-electron chi connectivity index (χ3n) is 5.05. The molecule has 0 saturated carbocycles. The Labute approximate surface area is 170 Å². The molecule has 0 aromatic heterocycles. The molecule has 1 aliphatic heterocycles. The highest BCUT2D eigenvalue weighted by Crippen LogP contribution is 2.31. The Hall–Kier alpha value is -2.70. The van der Waals surface area contributed by atoms with Gasteiger partial charge < -0.3 is 18.9 Å². The zero-order valence-electron chi connectivity index (χ0n) is 17.1. The van der Waals surface area contributed by atoms with Gasteiger partial charge in [0.05, 0.1) is 11.1 Å². The van der Waals surface area contributed by atoms with E-state index in [9.17, 15) is 9.59 Å². The fourth-order valence-corrected chi connectivity index (χ4v) is 3.27. The standard InChI is InChI=1S/C23H26O6/c1-14-5-9-17(10-6-14)21(24)27-13-19-20(16(3)23(26-4)28-19)29-22(25)18-11-7-15(2)8-12-18/h5-12,16,19-20,23H,13H2,1-4H3. The quantitative estimate of drug-likeness (QED) is 0.691. The Morgan fingerprint density at radius 3 is 1.93 bits per heavy atom. The zero-order valence-corrected chi connectivity index (χ0v) is 17.1. The Bertz CT molecular complexity index is 843. The van der Waals surface area contributed by atoms with Crippen molar-refractivity contribution in [2.75, 3.05) is 13.7 Å². The maximum absolute atomic E-state index is 12.6. The number of ether oxygens (including phenoxy) is 4. The first-order valence-corrected chi connectivity index (χ1v) is 9.58. The van der Waals surface area contributed by atoms with Crippen molar-refractivity contribution in [3.63, 3.8) is 0 Å². The molecule has 0 amide bonds. The van der Waals surface area contributed by atoms with Crippen LogP contribution in [0.3, 0.4) is 0 Å². The lowest BCUT2D eigenvalue weighted by molar-refractivity contribution is -0.137.